The van der Waals surface area contributed by atoms with Crippen LogP contribution < -0.4 is 9.64 Å². The zero-order chi connectivity index (χ0) is 21.4. The number of piperidine rings is 1. The van der Waals surface area contributed by atoms with Crippen molar-refractivity contribution in [1.82, 2.24) is 0 Å². The number of halogens is 1. The summed E-state index contributed by atoms with van der Waals surface area (Å²) >= 11 is 0. The standard InChI is InChI=1S/C26H24FNO3/c27-22-8-9-23(21-4-2-1-3-20(21)22)28-13-11-17(12-14-28)5-10-24(29)18-6-7-19-16-26(30)31-25(19)15-18/h1-4,6-9,15,17H,5,10-14,16H2. The van der Waals surface area contributed by atoms with Gasteiger partial charge in [0.05, 0.1) is 6.42 Å². The summed E-state index contributed by atoms with van der Waals surface area (Å²) in [7, 11) is 0. The van der Waals surface area contributed by atoms with Crippen molar-refractivity contribution in [3.05, 3.63) is 71.5 Å². The Morgan fingerprint density at radius 1 is 1.03 bits per heavy atom. The summed E-state index contributed by atoms with van der Waals surface area (Å²) in [4.78, 5) is 26.4. The van der Waals surface area contributed by atoms with E-state index in [9.17, 15) is 14.0 Å². The second-order valence-corrected chi connectivity index (χ2v) is 8.48. The summed E-state index contributed by atoms with van der Waals surface area (Å²) in [5.41, 5.74) is 2.55. The van der Waals surface area contributed by atoms with Crippen molar-refractivity contribution in [2.75, 3.05) is 18.0 Å². The van der Waals surface area contributed by atoms with Crippen LogP contribution in [0.2, 0.25) is 0 Å². The highest BCUT2D eigenvalue weighted by Crippen LogP contribution is 2.33. The van der Waals surface area contributed by atoms with Crippen LogP contribution in [0.15, 0.2) is 54.6 Å². The zero-order valence-corrected chi connectivity index (χ0v) is 17.3. The molecule has 3 aromatic rings. The number of Topliss-reactive ketones (excluding diaryl/α,β-unsaturated/α-hetero) is 1. The number of carbonyl (C=O) groups is 2. The van der Waals surface area contributed by atoms with E-state index in [0.717, 1.165) is 49.0 Å². The van der Waals surface area contributed by atoms with Crippen LogP contribution in [-0.4, -0.2) is 24.8 Å². The van der Waals surface area contributed by atoms with E-state index in [4.69, 9.17) is 4.74 Å². The molecule has 2 heterocycles. The minimum Gasteiger partial charge on any atom is -0.426 e. The molecule has 1 fully saturated rings. The molecular weight excluding hydrogens is 393 g/mol. The van der Waals surface area contributed by atoms with E-state index in [2.05, 4.69) is 4.90 Å². The van der Waals surface area contributed by atoms with Crippen LogP contribution in [0.3, 0.4) is 0 Å². The lowest BCUT2D eigenvalue weighted by molar-refractivity contribution is -0.131. The molecular formula is C26H24FNO3. The number of ketones is 1. The molecule has 0 saturated carbocycles. The maximum atomic E-state index is 14.1. The lowest BCUT2D eigenvalue weighted by Crippen LogP contribution is -2.34. The molecule has 158 valence electrons. The molecule has 0 spiro atoms. The molecule has 0 bridgehead atoms. The second-order valence-electron chi connectivity index (χ2n) is 8.48. The van der Waals surface area contributed by atoms with Crippen LogP contribution in [-0.2, 0) is 11.2 Å². The average molecular weight is 417 g/mol. The summed E-state index contributed by atoms with van der Waals surface area (Å²) in [6.07, 6.45) is 3.66. The molecule has 31 heavy (non-hydrogen) atoms. The lowest BCUT2D eigenvalue weighted by atomic mass is 9.89. The van der Waals surface area contributed by atoms with E-state index in [1.807, 2.05) is 36.4 Å². The predicted octanol–water partition coefficient (Wildman–Crippen LogP) is 5.32. The van der Waals surface area contributed by atoms with Crippen molar-refractivity contribution in [3.63, 3.8) is 0 Å². The first-order valence-corrected chi connectivity index (χ1v) is 10.9. The summed E-state index contributed by atoms with van der Waals surface area (Å²) in [6.45, 7) is 1.81. The molecule has 0 amide bonds. The highest BCUT2D eigenvalue weighted by atomic mass is 19.1. The third-order valence-electron chi connectivity index (χ3n) is 6.53. The number of carbonyl (C=O) groups excluding carboxylic acids is 2. The Balaban J connectivity index is 1.19. The van der Waals surface area contributed by atoms with Gasteiger partial charge in [-0.25, -0.2) is 4.39 Å². The number of benzene rings is 3. The van der Waals surface area contributed by atoms with Gasteiger partial charge in [-0.15, -0.1) is 0 Å². The largest absolute Gasteiger partial charge is 0.426 e. The summed E-state index contributed by atoms with van der Waals surface area (Å²) in [5.74, 6) is 0.668. The number of hydrogen-bond donors (Lipinski definition) is 0. The highest BCUT2D eigenvalue weighted by Gasteiger charge is 2.24. The van der Waals surface area contributed by atoms with Crippen LogP contribution in [0.4, 0.5) is 10.1 Å². The zero-order valence-electron chi connectivity index (χ0n) is 17.3. The number of rotatable bonds is 5. The number of anilines is 1. The van der Waals surface area contributed by atoms with Crippen LogP contribution in [0.25, 0.3) is 10.8 Å². The third kappa shape index (κ3) is 3.92. The predicted molar refractivity (Wildman–Crippen MR) is 118 cm³/mol. The molecule has 2 aliphatic rings. The monoisotopic (exact) mass is 417 g/mol. The topological polar surface area (TPSA) is 46.6 Å². The van der Waals surface area contributed by atoms with Gasteiger partial charge in [-0.3, -0.25) is 9.59 Å². The molecule has 5 rings (SSSR count). The first-order valence-electron chi connectivity index (χ1n) is 10.9. The Bertz CT molecular complexity index is 1160. The summed E-state index contributed by atoms with van der Waals surface area (Å²) < 4.78 is 19.3. The molecule has 0 aromatic heterocycles. The van der Waals surface area contributed by atoms with Crippen LogP contribution in [0, 0.1) is 11.7 Å². The molecule has 0 aliphatic carbocycles. The van der Waals surface area contributed by atoms with E-state index in [1.54, 1.807) is 18.2 Å². The van der Waals surface area contributed by atoms with E-state index >= 15 is 0 Å². The quantitative estimate of drug-likeness (QED) is 0.320. The van der Waals surface area contributed by atoms with Gasteiger partial charge >= 0.3 is 5.97 Å². The number of fused-ring (bicyclic) bond motifs is 2. The van der Waals surface area contributed by atoms with Gasteiger partial charge in [-0.2, -0.15) is 0 Å². The molecule has 2 aliphatic heterocycles. The number of nitrogens with zero attached hydrogens (tertiary/aromatic N) is 1. The number of esters is 1. The summed E-state index contributed by atoms with van der Waals surface area (Å²) in [6, 6.07) is 16.4. The van der Waals surface area contributed by atoms with Crippen molar-refractivity contribution in [2.24, 2.45) is 5.92 Å². The Labute approximate surface area is 180 Å². The van der Waals surface area contributed by atoms with Crippen molar-refractivity contribution in [1.29, 1.82) is 0 Å². The Morgan fingerprint density at radius 3 is 2.61 bits per heavy atom. The molecule has 0 atom stereocenters. The first kappa shape index (κ1) is 19.7. The fourth-order valence-electron chi connectivity index (χ4n) is 4.75. The van der Waals surface area contributed by atoms with E-state index in [-0.39, 0.29) is 24.0 Å². The van der Waals surface area contributed by atoms with Gasteiger partial charge in [0.1, 0.15) is 11.6 Å². The van der Waals surface area contributed by atoms with Crippen molar-refractivity contribution < 1.29 is 18.7 Å². The van der Waals surface area contributed by atoms with Gasteiger partial charge in [0.25, 0.3) is 0 Å². The lowest BCUT2D eigenvalue weighted by Gasteiger charge is -2.34. The molecule has 0 N–H and O–H groups in total. The smallest absolute Gasteiger partial charge is 0.315 e. The SMILES string of the molecule is O=C1Cc2ccc(C(=O)CCC3CCN(c4ccc(F)c5ccccc45)CC3)cc2O1. The Kier molecular flexibility index (Phi) is 5.18. The van der Waals surface area contributed by atoms with Gasteiger partial charge < -0.3 is 9.64 Å². The maximum absolute atomic E-state index is 14.1. The molecule has 4 nitrogen and oxygen atoms in total. The number of ether oxygens (including phenoxy) is 1. The van der Waals surface area contributed by atoms with Crippen LogP contribution in [0.1, 0.15) is 41.6 Å². The fraction of sp³-hybridized carbons (Fsp3) is 0.308. The average Bonchev–Trinajstić information content (AvgIpc) is 3.17. The van der Waals surface area contributed by atoms with Gasteiger partial charge in [-0.05, 0) is 43.4 Å². The van der Waals surface area contributed by atoms with Crippen molar-refractivity contribution in [3.8, 4) is 5.75 Å². The highest BCUT2D eigenvalue weighted by molar-refractivity contribution is 5.97. The fourth-order valence-corrected chi connectivity index (χ4v) is 4.75. The molecule has 1 saturated heterocycles. The Morgan fingerprint density at radius 2 is 1.81 bits per heavy atom. The molecule has 3 aromatic carbocycles. The van der Waals surface area contributed by atoms with Gasteiger partial charge in [0.15, 0.2) is 5.78 Å². The van der Waals surface area contributed by atoms with Gasteiger partial charge in [-0.1, -0.05) is 36.4 Å². The third-order valence-corrected chi connectivity index (χ3v) is 6.53. The van der Waals surface area contributed by atoms with Crippen molar-refractivity contribution in [2.45, 2.75) is 32.1 Å². The number of hydrogen-bond acceptors (Lipinski definition) is 4. The van der Waals surface area contributed by atoms with Crippen molar-refractivity contribution >= 4 is 28.2 Å². The summed E-state index contributed by atoms with van der Waals surface area (Å²) in [5, 5.41) is 1.61. The van der Waals surface area contributed by atoms with E-state index in [1.165, 1.54) is 0 Å². The van der Waals surface area contributed by atoms with Gasteiger partial charge in [0, 0.05) is 47.1 Å². The minimum absolute atomic E-state index is 0.0951. The van der Waals surface area contributed by atoms with E-state index in [0.29, 0.717) is 29.0 Å². The van der Waals surface area contributed by atoms with Crippen LogP contribution >= 0.6 is 0 Å². The van der Waals surface area contributed by atoms with Gasteiger partial charge in [0.2, 0.25) is 0 Å². The normalized spacial score (nSPS) is 16.4. The van der Waals surface area contributed by atoms with E-state index < -0.39 is 0 Å². The molecule has 0 radical (unpaired) electrons. The second kappa shape index (κ2) is 8.14. The first-order chi connectivity index (χ1) is 15.1. The minimum atomic E-state index is -0.264. The molecule has 0 unspecified atom stereocenters. The van der Waals surface area contributed by atoms with Crippen LogP contribution in [0.5, 0.6) is 5.75 Å². The Hall–Kier alpha value is -3.21. The molecule has 5 heteroatoms. The maximum Gasteiger partial charge on any atom is 0.315 e.